The van der Waals surface area contributed by atoms with Crippen LogP contribution >= 0.6 is 11.6 Å². The molecule has 2 aromatic heterocycles. The van der Waals surface area contributed by atoms with E-state index in [9.17, 15) is 4.79 Å². The summed E-state index contributed by atoms with van der Waals surface area (Å²) in [5, 5.41) is 3.75. The molecule has 0 radical (unpaired) electrons. The quantitative estimate of drug-likeness (QED) is 0.873. The largest absolute Gasteiger partial charge is 0.472 e. The molecule has 4 atom stereocenters. The minimum Gasteiger partial charge on any atom is -0.472 e. The number of ether oxygens (including phenoxy) is 1. The van der Waals surface area contributed by atoms with Gasteiger partial charge in [-0.25, -0.2) is 4.98 Å². The van der Waals surface area contributed by atoms with E-state index in [-0.39, 0.29) is 17.6 Å². The Balaban J connectivity index is 1.31. The average Bonchev–Trinajstić information content (AvgIpc) is 3.42. The highest BCUT2D eigenvalue weighted by molar-refractivity contribution is 6.31. The standard InChI is InChI=1S/C20H22ClN3O3/c1-12-16(21)2-3-18(23-12)24-9-15-14(17-4-6-20(15,11-24)27-17)8-22-19(25)13-5-7-26-10-13/h2-3,5,7,10,14-15,17H,4,6,8-9,11H2,1H3,(H,22,25)/t14-,15+,17+,20+/m0/s1. The van der Waals surface area contributed by atoms with Gasteiger partial charge in [-0.15, -0.1) is 0 Å². The zero-order valence-corrected chi connectivity index (χ0v) is 15.9. The normalized spacial score (nSPS) is 31.3. The number of carbonyl (C=O) groups is 1. The summed E-state index contributed by atoms with van der Waals surface area (Å²) in [5.74, 6) is 1.59. The van der Waals surface area contributed by atoms with Crippen molar-refractivity contribution in [3.8, 4) is 0 Å². The molecule has 3 fully saturated rings. The van der Waals surface area contributed by atoms with Crippen molar-refractivity contribution in [2.75, 3.05) is 24.5 Å². The Kier molecular flexibility index (Phi) is 3.95. The molecule has 0 unspecified atom stereocenters. The monoisotopic (exact) mass is 387 g/mol. The zero-order chi connectivity index (χ0) is 18.6. The maximum Gasteiger partial charge on any atom is 0.254 e. The van der Waals surface area contributed by atoms with E-state index in [4.69, 9.17) is 20.8 Å². The van der Waals surface area contributed by atoms with E-state index in [1.807, 2.05) is 19.1 Å². The molecule has 5 rings (SSSR count). The zero-order valence-electron chi connectivity index (χ0n) is 15.2. The Bertz CT molecular complexity index is 871. The van der Waals surface area contributed by atoms with Crippen molar-refractivity contribution in [2.45, 2.75) is 31.5 Å². The molecule has 1 N–H and O–H groups in total. The molecule has 27 heavy (non-hydrogen) atoms. The summed E-state index contributed by atoms with van der Waals surface area (Å²) in [6, 6.07) is 5.57. The fraction of sp³-hybridized carbons (Fsp3) is 0.500. The number of nitrogens with zero attached hydrogens (tertiary/aromatic N) is 2. The van der Waals surface area contributed by atoms with Gasteiger partial charge >= 0.3 is 0 Å². The highest BCUT2D eigenvalue weighted by Gasteiger charge is 2.63. The van der Waals surface area contributed by atoms with Crippen LogP contribution in [0.3, 0.4) is 0 Å². The molecule has 0 aliphatic carbocycles. The number of fused-ring (bicyclic) bond motifs is 1. The first-order valence-corrected chi connectivity index (χ1v) is 9.80. The third-order valence-corrected chi connectivity index (χ3v) is 6.80. The molecule has 0 saturated carbocycles. The second-order valence-corrected chi connectivity index (χ2v) is 8.28. The first-order chi connectivity index (χ1) is 13.1. The first kappa shape index (κ1) is 17.1. The lowest BCUT2D eigenvalue weighted by molar-refractivity contribution is 0.0141. The molecule has 7 heteroatoms. The predicted octanol–water partition coefficient (Wildman–Crippen LogP) is 3.05. The summed E-state index contributed by atoms with van der Waals surface area (Å²) in [6.07, 6.45) is 5.36. The molecule has 1 amide bonds. The topological polar surface area (TPSA) is 67.6 Å². The minimum absolute atomic E-state index is 0.0922. The number of carbonyl (C=O) groups excluding carboxylic acids is 1. The molecule has 3 aliphatic rings. The smallest absolute Gasteiger partial charge is 0.254 e. The van der Waals surface area contributed by atoms with Crippen molar-refractivity contribution in [1.82, 2.24) is 10.3 Å². The van der Waals surface area contributed by atoms with Crippen LogP contribution < -0.4 is 10.2 Å². The van der Waals surface area contributed by atoms with E-state index < -0.39 is 0 Å². The van der Waals surface area contributed by atoms with E-state index >= 15 is 0 Å². The Morgan fingerprint density at radius 3 is 3.11 bits per heavy atom. The third kappa shape index (κ3) is 2.74. The van der Waals surface area contributed by atoms with Crippen molar-refractivity contribution in [3.05, 3.63) is 47.0 Å². The molecule has 2 aromatic rings. The number of hydrogen-bond donors (Lipinski definition) is 1. The minimum atomic E-state index is -0.106. The number of hydrogen-bond acceptors (Lipinski definition) is 5. The Morgan fingerprint density at radius 1 is 1.44 bits per heavy atom. The molecule has 5 heterocycles. The molecule has 3 aliphatic heterocycles. The molecule has 2 bridgehead atoms. The lowest BCUT2D eigenvalue weighted by Gasteiger charge is -2.29. The SMILES string of the molecule is Cc1nc(N2C[C@@H]3[C@H](CNC(=O)c4ccoc4)[C@H]4CC[C@]3(C2)O4)ccc1Cl. The summed E-state index contributed by atoms with van der Waals surface area (Å²) in [7, 11) is 0. The third-order valence-electron chi connectivity index (χ3n) is 6.40. The highest BCUT2D eigenvalue weighted by Crippen LogP contribution is 2.55. The summed E-state index contributed by atoms with van der Waals surface area (Å²) in [5.41, 5.74) is 1.30. The van der Waals surface area contributed by atoms with Crippen molar-refractivity contribution in [3.63, 3.8) is 0 Å². The van der Waals surface area contributed by atoms with Crippen molar-refractivity contribution in [2.24, 2.45) is 11.8 Å². The second kappa shape index (κ2) is 6.24. The Morgan fingerprint density at radius 2 is 2.33 bits per heavy atom. The van der Waals surface area contributed by atoms with E-state index in [1.54, 1.807) is 6.07 Å². The fourth-order valence-corrected chi connectivity index (χ4v) is 5.16. The number of aryl methyl sites for hydroxylation is 1. The summed E-state index contributed by atoms with van der Waals surface area (Å²) in [6.45, 7) is 4.31. The number of nitrogens with one attached hydrogen (secondary N) is 1. The number of pyridine rings is 1. The molecule has 0 aromatic carbocycles. The maximum atomic E-state index is 12.3. The first-order valence-electron chi connectivity index (χ1n) is 9.42. The number of halogens is 1. The van der Waals surface area contributed by atoms with Crippen LogP contribution in [0.15, 0.2) is 35.1 Å². The molecule has 6 nitrogen and oxygen atoms in total. The second-order valence-electron chi connectivity index (χ2n) is 7.87. The van der Waals surface area contributed by atoms with Gasteiger partial charge in [0.05, 0.1) is 34.2 Å². The molecule has 3 saturated heterocycles. The van der Waals surface area contributed by atoms with Gasteiger partial charge in [-0.2, -0.15) is 0 Å². The van der Waals surface area contributed by atoms with Crippen molar-refractivity contribution >= 4 is 23.3 Å². The average molecular weight is 388 g/mol. The van der Waals surface area contributed by atoms with Crippen LogP contribution in [0.5, 0.6) is 0 Å². The van der Waals surface area contributed by atoms with E-state index in [0.29, 0.717) is 29.0 Å². The number of anilines is 1. The van der Waals surface area contributed by atoms with Gasteiger partial charge in [0, 0.05) is 31.5 Å². The van der Waals surface area contributed by atoms with Crippen LogP contribution in [0.4, 0.5) is 5.82 Å². The van der Waals surface area contributed by atoms with Crippen molar-refractivity contribution < 1.29 is 13.9 Å². The van der Waals surface area contributed by atoms with Gasteiger partial charge in [-0.05, 0) is 38.0 Å². The van der Waals surface area contributed by atoms with Gasteiger partial charge in [0.15, 0.2) is 0 Å². The number of rotatable bonds is 4. The van der Waals surface area contributed by atoms with Gasteiger partial charge in [0.2, 0.25) is 0 Å². The summed E-state index contributed by atoms with van der Waals surface area (Å²) < 4.78 is 11.5. The molecular formula is C20H22ClN3O3. The van der Waals surface area contributed by atoms with Gasteiger partial charge in [0.1, 0.15) is 12.1 Å². The highest BCUT2D eigenvalue weighted by atomic mass is 35.5. The Hall–Kier alpha value is -2.05. The van der Waals surface area contributed by atoms with Gasteiger partial charge in [0.25, 0.3) is 5.91 Å². The van der Waals surface area contributed by atoms with Crippen LogP contribution in [0.2, 0.25) is 5.02 Å². The van der Waals surface area contributed by atoms with E-state index in [0.717, 1.165) is 37.4 Å². The van der Waals surface area contributed by atoms with E-state index in [2.05, 4.69) is 15.2 Å². The Labute approximate surface area is 162 Å². The lowest BCUT2D eigenvalue weighted by Crippen LogP contribution is -2.41. The van der Waals surface area contributed by atoms with Crippen LogP contribution in [-0.4, -0.2) is 42.2 Å². The fourth-order valence-electron chi connectivity index (χ4n) is 5.05. The summed E-state index contributed by atoms with van der Waals surface area (Å²) in [4.78, 5) is 19.2. The molecule has 142 valence electrons. The maximum absolute atomic E-state index is 12.3. The number of aromatic nitrogens is 1. The van der Waals surface area contributed by atoms with Gasteiger partial charge < -0.3 is 19.4 Å². The summed E-state index contributed by atoms with van der Waals surface area (Å²) >= 11 is 6.13. The van der Waals surface area contributed by atoms with Gasteiger partial charge in [-0.1, -0.05) is 11.6 Å². The molecular weight excluding hydrogens is 366 g/mol. The van der Waals surface area contributed by atoms with Crippen LogP contribution in [0, 0.1) is 18.8 Å². The van der Waals surface area contributed by atoms with E-state index in [1.165, 1.54) is 12.5 Å². The van der Waals surface area contributed by atoms with Crippen LogP contribution in [0.25, 0.3) is 0 Å². The van der Waals surface area contributed by atoms with Crippen LogP contribution in [0.1, 0.15) is 28.9 Å². The molecule has 1 spiro atoms. The predicted molar refractivity (Wildman–Crippen MR) is 101 cm³/mol. The van der Waals surface area contributed by atoms with Crippen molar-refractivity contribution in [1.29, 1.82) is 0 Å². The lowest BCUT2D eigenvalue weighted by atomic mass is 9.73. The number of furan rings is 1. The number of amides is 1. The van der Waals surface area contributed by atoms with Gasteiger partial charge in [-0.3, -0.25) is 4.79 Å². The van der Waals surface area contributed by atoms with Crippen LogP contribution in [-0.2, 0) is 4.74 Å².